The monoisotopic (exact) mass is 262 g/mol. The van der Waals surface area contributed by atoms with Gasteiger partial charge in [-0.15, -0.1) is 0 Å². The maximum atomic E-state index is 12.4. The third-order valence-corrected chi connectivity index (χ3v) is 5.94. The molecule has 1 rings (SSSR count). The second kappa shape index (κ2) is 5.67. The van der Waals surface area contributed by atoms with E-state index in [-0.39, 0.29) is 0 Å². The average Bonchev–Trinajstić information content (AvgIpc) is 2.25. The summed E-state index contributed by atoms with van der Waals surface area (Å²) in [6.45, 7) is 9.37. The third kappa shape index (κ3) is 3.66. The normalized spacial score (nSPS) is 23.0. The number of nitrogens with one attached hydrogen (secondary N) is 1. The van der Waals surface area contributed by atoms with Gasteiger partial charge in [0.05, 0.1) is 4.75 Å². The van der Waals surface area contributed by atoms with Gasteiger partial charge in [-0.2, -0.15) is 0 Å². The fourth-order valence-corrected chi connectivity index (χ4v) is 3.60. The summed E-state index contributed by atoms with van der Waals surface area (Å²) in [6, 6.07) is 0.320. The van der Waals surface area contributed by atoms with Crippen LogP contribution in [-0.4, -0.2) is 43.1 Å². The summed E-state index contributed by atoms with van der Waals surface area (Å²) in [4.78, 5) is 0. The highest BCUT2D eigenvalue weighted by atomic mass is 32.2. The second-order valence-corrected chi connectivity index (χ2v) is 8.41. The molecule has 17 heavy (non-hydrogen) atoms. The maximum absolute atomic E-state index is 12.4. The number of hydrogen-bond acceptors (Lipinski definition) is 3. The molecule has 0 radical (unpaired) electrons. The topological polar surface area (TPSA) is 49.4 Å². The van der Waals surface area contributed by atoms with E-state index < -0.39 is 14.8 Å². The molecular formula is C12H26N2O2S. The smallest absolute Gasteiger partial charge is 0.219 e. The minimum atomic E-state index is -3.19. The quantitative estimate of drug-likeness (QED) is 0.837. The van der Waals surface area contributed by atoms with Gasteiger partial charge in [-0.1, -0.05) is 13.3 Å². The summed E-state index contributed by atoms with van der Waals surface area (Å²) in [7, 11) is -3.19. The highest BCUT2D eigenvalue weighted by molar-refractivity contribution is 7.90. The lowest BCUT2D eigenvalue weighted by atomic mass is 10.1. The lowest BCUT2D eigenvalue weighted by molar-refractivity contribution is 0.314. The van der Waals surface area contributed by atoms with Gasteiger partial charge in [0.2, 0.25) is 10.0 Å². The Morgan fingerprint density at radius 1 is 1.29 bits per heavy atom. The Morgan fingerprint density at radius 2 is 1.94 bits per heavy atom. The van der Waals surface area contributed by atoms with E-state index in [1.807, 2.05) is 6.92 Å². The molecule has 0 amide bonds. The molecule has 0 aromatic rings. The second-order valence-electron chi connectivity index (χ2n) is 5.71. The van der Waals surface area contributed by atoms with E-state index in [9.17, 15) is 8.42 Å². The first-order valence-corrected chi connectivity index (χ1v) is 7.96. The maximum Gasteiger partial charge on any atom is 0.219 e. The van der Waals surface area contributed by atoms with Gasteiger partial charge < -0.3 is 5.32 Å². The van der Waals surface area contributed by atoms with Crippen molar-refractivity contribution in [3.05, 3.63) is 0 Å². The van der Waals surface area contributed by atoms with Gasteiger partial charge in [-0.3, -0.25) is 0 Å². The van der Waals surface area contributed by atoms with Crippen LogP contribution in [0.15, 0.2) is 0 Å². The van der Waals surface area contributed by atoms with Crippen LogP contribution in [0.3, 0.4) is 0 Å². The molecule has 1 aliphatic rings. The molecule has 1 unspecified atom stereocenters. The summed E-state index contributed by atoms with van der Waals surface area (Å²) in [5.74, 6) is 0. The minimum absolute atomic E-state index is 0.320. The van der Waals surface area contributed by atoms with Crippen LogP contribution in [0.1, 0.15) is 47.0 Å². The minimum Gasteiger partial charge on any atom is -0.313 e. The fourth-order valence-electron chi connectivity index (χ4n) is 2.11. The summed E-state index contributed by atoms with van der Waals surface area (Å²) in [5.41, 5.74) is 0. The van der Waals surface area contributed by atoms with Crippen molar-refractivity contribution < 1.29 is 8.42 Å². The van der Waals surface area contributed by atoms with Crippen molar-refractivity contribution in [2.24, 2.45) is 0 Å². The number of likely N-dealkylation sites (N-methyl/N-ethyl adjacent to an activating group) is 1. The standard InChI is InChI=1S/C12H26N2O2S/c1-5-14(17(15,16)12(2,3)4)10-11-8-6-7-9-13-11/h11,13H,5-10H2,1-4H3. The number of hydrogen-bond donors (Lipinski definition) is 1. The summed E-state index contributed by atoms with van der Waals surface area (Å²) in [5, 5.41) is 3.40. The van der Waals surface area contributed by atoms with Crippen LogP contribution in [-0.2, 0) is 10.0 Å². The molecule has 1 aliphatic heterocycles. The largest absolute Gasteiger partial charge is 0.313 e. The van der Waals surface area contributed by atoms with Crippen LogP contribution in [0.5, 0.6) is 0 Å². The lowest BCUT2D eigenvalue weighted by Crippen LogP contribution is -2.50. The summed E-state index contributed by atoms with van der Waals surface area (Å²) in [6.07, 6.45) is 3.48. The van der Waals surface area contributed by atoms with Gasteiger partial charge in [0.15, 0.2) is 0 Å². The molecule has 1 heterocycles. The van der Waals surface area contributed by atoms with Crippen molar-refractivity contribution in [2.75, 3.05) is 19.6 Å². The van der Waals surface area contributed by atoms with Gasteiger partial charge in [-0.25, -0.2) is 12.7 Å². The molecule has 0 spiro atoms. The van der Waals surface area contributed by atoms with Crippen molar-refractivity contribution >= 4 is 10.0 Å². The van der Waals surface area contributed by atoms with Crippen LogP contribution in [0.25, 0.3) is 0 Å². The summed E-state index contributed by atoms with van der Waals surface area (Å²) >= 11 is 0. The zero-order valence-corrected chi connectivity index (χ0v) is 12.3. The molecule has 0 aromatic carbocycles. The number of rotatable bonds is 4. The first-order valence-electron chi connectivity index (χ1n) is 6.52. The van der Waals surface area contributed by atoms with E-state index >= 15 is 0 Å². The molecule has 0 bridgehead atoms. The average molecular weight is 262 g/mol. The number of piperidine rings is 1. The van der Waals surface area contributed by atoms with Crippen LogP contribution in [0.4, 0.5) is 0 Å². The van der Waals surface area contributed by atoms with E-state index in [1.165, 1.54) is 12.8 Å². The highest BCUT2D eigenvalue weighted by Gasteiger charge is 2.35. The van der Waals surface area contributed by atoms with E-state index in [4.69, 9.17) is 0 Å². The van der Waals surface area contributed by atoms with E-state index in [2.05, 4.69) is 5.32 Å². The molecule has 0 aliphatic carbocycles. The van der Waals surface area contributed by atoms with Crippen molar-refractivity contribution in [1.29, 1.82) is 0 Å². The van der Waals surface area contributed by atoms with E-state index in [0.717, 1.165) is 13.0 Å². The summed E-state index contributed by atoms with van der Waals surface area (Å²) < 4.78 is 25.6. The van der Waals surface area contributed by atoms with Crippen molar-refractivity contribution in [3.63, 3.8) is 0 Å². The first-order chi connectivity index (χ1) is 7.79. The molecule has 1 saturated heterocycles. The molecule has 1 atom stereocenters. The molecule has 0 aromatic heterocycles. The van der Waals surface area contributed by atoms with Gasteiger partial charge in [-0.05, 0) is 40.2 Å². The molecule has 5 heteroatoms. The Balaban J connectivity index is 2.71. The molecule has 1 fully saturated rings. The van der Waals surface area contributed by atoms with Gasteiger partial charge in [0, 0.05) is 19.1 Å². The van der Waals surface area contributed by atoms with Crippen molar-refractivity contribution in [2.45, 2.75) is 57.7 Å². The first kappa shape index (κ1) is 14.9. The van der Waals surface area contributed by atoms with Crippen LogP contribution < -0.4 is 5.32 Å². The fraction of sp³-hybridized carbons (Fsp3) is 1.00. The predicted molar refractivity (Wildman–Crippen MR) is 71.6 cm³/mol. The SMILES string of the molecule is CCN(CC1CCCCN1)S(=O)(=O)C(C)(C)C. The van der Waals surface area contributed by atoms with Crippen LogP contribution >= 0.6 is 0 Å². The molecule has 0 saturated carbocycles. The molecule has 4 nitrogen and oxygen atoms in total. The van der Waals surface area contributed by atoms with E-state index in [1.54, 1.807) is 25.1 Å². The predicted octanol–water partition coefficient (Wildman–Crippen LogP) is 1.58. The zero-order chi connectivity index (χ0) is 13.1. The van der Waals surface area contributed by atoms with Gasteiger partial charge >= 0.3 is 0 Å². The Hall–Kier alpha value is -0.130. The molecule has 102 valence electrons. The number of nitrogens with zero attached hydrogens (tertiary/aromatic N) is 1. The van der Waals surface area contributed by atoms with Crippen LogP contribution in [0.2, 0.25) is 0 Å². The zero-order valence-electron chi connectivity index (χ0n) is 11.5. The lowest BCUT2D eigenvalue weighted by Gasteiger charge is -2.33. The molecule has 1 N–H and O–H groups in total. The van der Waals surface area contributed by atoms with Crippen molar-refractivity contribution in [3.8, 4) is 0 Å². The Kier molecular flexibility index (Phi) is 4.98. The highest BCUT2D eigenvalue weighted by Crippen LogP contribution is 2.21. The van der Waals surface area contributed by atoms with Gasteiger partial charge in [0.25, 0.3) is 0 Å². The Morgan fingerprint density at radius 3 is 2.35 bits per heavy atom. The number of sulfonamides is 1. The van der Waals surface area contributed by atoms with E-state index in [0.29, 0.717) is 19.1 Å². The molecular weight excluding hydrogens is 236 g/mol. The Bertz CT molecular complexity index is 327. The van der Waals surface area contributed by atoms with Gasteiger partial charge in [0.1, 0.15) is 0 Å². The third-order valence-electron chi connectivity index (χ3n) is 3.30. The Labute approximate surface area is 106 Å². The van der Waals surface area contributed by atoms with Crippen LogP contribution in [0, 0.1) is 0 Å². The van der Waals surface area contributed by atoms with Crippen molar-refractivity contribution in [1.82, 2.24) is 9.62 Å².